The van der Waals surface area contributed by atoms with E-state index in [-0.39, 0.29) is 23.4 Å². The highest BCUT2D eigenvalue weighted by Crippen LogP contribution is 2.49. The molecule has 0 bridgehead atoms. The van der Waals surface area contributed by atoms with E-state index in [9.17, 15) is 50.4 Å². The van der Waals surface area contributed by atoms with Crippen molar-refractivity contribution in [2.24, 2.45) is 9.98 Å². The number of carboxylic acid groups (broad SMARTS) is 1. The smallest absolute Gasteiger partial charge is 0.355 e. The summed E-state index contributed by atoms with van der Waals surface area (Å²) in [6.07, 6.45) is -2.46. The zero-order chi connectivity index (χ0) is 36.4. The third kappa shape index (κ3) is 7.21. The number of carboxylic acids is 1. The maximum Gasteiger partial charge on any atom is 0.355 e. The average Bonchev–Trinajstić information content (AvgIpc) is 3.74. The number of aliphatic carboxylic acids is 1. The van der Waals surface area contributed by atoms with Gasteiger partial charge in [-0.1, -0.05) is 36.4 Å². The topological polar surface area (TPSA) is 242 Å². The lowest BCUT2D eigenvalue weighted by Crippen LogP contribution is -2.67. The standard InChI is InChI=1S/C36H37N3O12/c40-17-29-32(44)33(45)34(46)36(49,51-29)50-28-15-25-24(14-27(28)42)23(9-6-19-4-2-1-3-5-19)31(35(47)48)39(25)30(43)11-8-20-7-10-26(41)21(12-20)13-22-16-37-18-38-22/h1-5,7-8,10-12,14-16,23,29,31-34,40-42,44-46,49H,6,9,13,17-18H2,(H,47,48)/b11-8+/t23-,29+,31+,32+,33-,34+,36-/m0/s1. The molecule has 15 heteroatoms. The van der Waals surface area contributed by atoms with Gasteiger partial charge >= 0.3 is 11.9 Å². The second-order valence-electron chi connectivity index (χ2n) is 12.5. The van der Waals surface area contributed by atoms with Crippen molar-refractivity contribution in [2.45, 2.75) is 61.6 Å². The highest BCUT2D eigenvalue weighted by molar-refractivity contribution is 6.32. The molecule has 0 aromatic heterocycles. The van der Waals surface area contributed by atoms with Crippen LogP contribution in [0.3, 0.4) is 0 Å². The first kappa shape index (κ1) is 35.7. The normalized spacial score (nSPS) is 27.1. The van der Waals surface area contributed by atoms with Gasteiger partial charge in [-0.05, 0) is 53.8 Å². The van der Waals surface area contributed by atoms with Crippen molar-refractivity contribution in [1.82, 2.24) is 0 Å². The predicted molar refractivity (Wildman–Crippen MR) is 182 cm³/mol. The van der Waals surface area contributed by atoms with Gasteiger partial charge in [0.1, 0.15) is 36.8 Å². The fourth-order valence-corrected chi connectivity index (χ4v) is 6.56. The number of amides is 1. The molecular formula is C36H37N3O12. The quantitative estimate of drug-likeness (QED) is 0.102. The van der Waals surface area contributed by atoms with E-state index in [1.54, 1.807) is 18.3 Å². The average molecular weight is 704 g/mol. The van der Waals surface area contributed by atoms with Crippen molar-refractivity contribution in [3.05, 3.63) is 89.0 Å². The molecule has 15 nitrogen and oxygen atoms in total. The zero-order valence-electron chi connectivity index (χ0n) is 27.1. The van der Waals surface area contributed by atoms with Gasteiger partial charge < -0.3 is 50.3 Å². The molecule has 0 aliphatic carbocycles. The molecule has 1 amide bonds. The minimum absolute atomic E-state index is 0.0148. The van der Waals surface area contributed by atoms with Gasteiger partial charge in [0.25, 0.3) is 5.91 Å². The summed E-state index contributed by atoms with van der Waals surface area (Å²) in [4.78, 5) is 36.2. The SMILES string of the molecule is O=C(O)[C@H]1[C@@H](CCc2ccccc2)c2cc(O)c(O[C@]3(O)O[C@H](CO)[C@@H](O)[C@H](O)[C@H]3O)cc2N1C(=O)/C=C/c1ccc(O)c(CC2=NCN=C2)c1. The molecule has 0 saturated carbocycles. The van der Waals surface area contributed by atoms with Gasteiger partial charge in [-0.15, -0.1) is 0 Å². The Morgan fingerprint density at radius 3 is 2.47 bits per heavy atom. The van der Waals surface area contributed by atoms with Gasteiger partial charge in [-0.25, -0.2) is 4.79 Å². The Hall–Kier alpha value is -5.16. The largest absolute Gasteiger partial charge is 0.508 e. The van der Waals surface area contributed by atoms with E-state index in [4.69, 9.17) is 9.47 Å². The molecule has 51 heavy (non-hydrogen) atoms. The molecule has 3 aliphatic heterocycles. The predicted octanol–water partition coefficient (Wildman–Crippen LogP) is 0.851. The number of hydrogen-bond donors (Lipinski definition) is 8. The summed E-state index contributed by atoms with van der Waals surface area (Å²) in [6, 6.07) is 14.9. The van der Waals surface area contributed by atoms with Crippen LogP contribution in [-0.4, -0.2) is 114 Å². The van der Waals surface area contributed by atoms with E-state index in [0.29, 0.717) is 36.3 Å². The van der Waals surface area contributed by atoms with Gasteiger partial charge in [-0.3, -0.25) is 19.7 Å². The van der Waals surface area contributed by atoms with E-state index < -0.39 is 72.3 Å². The van der Waals surface area contributed by atoms with E-state index in [2.05, 4.69) is 9.98 Å². The fourth-order valence-electron chi connectivity index (χ4n) is 6.56. The molecule has 3 aliphatic rings. The Labute approximate surface area is 291 Å². The van der Waals surface area contributed by atoms with Crippen LogP contribution in [0.1, 0.15) is 34.6 Å². The van der Waals surface area contributed by atoms with Gasteiger partial charge in [-0.2, -0.15) is 0 Å². The third-order valence-corrected chi connectivity index (χ3v) is 9.18. The number of hydrogen-bond acceptors (Lipinski definition) is 13. The summed E-state index contributed by atoms with van der Waals surface area (Å²) in [7, 11) is 0. The minimum atomic E-state index is -3.09. The number of aromatic hydroxyl groups is 2. The summed E-state index contributed by atoms with van der Waals surface area (Å²) >= 11 is 0. The Morgan fingerprint density at radius 2 is 1.78 bits per heavy atom. The van der Waals surface area contributed by atoms with Crippen LogP contribution in [-0.2, 0) is 27.2 Å². The Bertz CT molecular complexity index is 1880. The van der Waals surface area contributed by atoms with Crippen molar-refractivity contribution in [3.8, 4) is 17.2 Å². The lowest BCUT2D eigenvalue weighted by Gasteiger charge is -2.44. The second kappa shape index (κ2) is 14.6. The maximum atomic E-state index is 14.0. The van der Waals surface area contributed by atoms with Crippen LogP contribution in [0, 0.1) is 0 Å². The Kier molecular flexibility index (Phi) is 10.2. The van der Waals surface area contributed by atoms with Gasteiger partial charge in [0.15, 0.2) is 17.6 Å². The first-order valence-electron chi connectivity index (χ1n) is 16.1. The van der Waals surface area contributed by atoms with Crippen LogP contribution in [0.4, 0.5) is 5.69 Å². The molecule has 268 valence electrons. The van der Waals surface area contributed by atoms with Crippen molar-refractivity contribution in [2.75, 3.05) is 18.2 Å². The Morgan fingerprint density at radius 1 is 1.02 bits per heavy atom. The molecule has 1 fully saturated rings. The van der Waals surface area contributed by atoms with Crippen LogP contribution in [0.2, 0.25) is 0 Å². The molecule has 0 radical (unpaired) electrons. The van der Waals surface area contributed by atoms with Crippen LogP contribution in [0.15, 0.2) is 76.7 Å². The number of carbonyl (C=O) groups excluding carboxylic acids is 1. The minimum Gasteiger partial charge on any atom is -0.508 e. The number of benzene rings is 3. The number of phenols is 2. The Balaban J connectivity index is 1.36. The first-order valence-corrected chi connectivity index (χ1v) is 16.1. The molecule has 3 aromatic carbocycles. The number of aliphatic hydroxyl groups excluding tert-OH is 4. The molecular weight excluding hydrogens is 666 g/mol. The molecule has 0 spiro atoms. The lowest BCUT2D eigenvalue weighted by molar-refractivity contribution is -0.422. The summed E-state index contributed by atoms with van der Waals surface area (Å²) < 4.78 is 10.6. The van der Waals surface area contributed by atoms with E-state index >= 15 is 0 Å². The molecule has 3 heterocycles. The van der Waals surface area contributed by atoms with Crippen LogP contribution >= 0.6 is 0 Å². The van der Waals surface area contributed by atoms with Crippen LogP contribution in [0.25, 0.3) is 6.08 Å². The molecule has 8 N–H and O–H groups in total. The highest BCUT2D eigenvalue weighted by atomic mass is 16.8. The molecule has 6 rings (SSSR count). The van der Waals surface area contributed by atoms with Gasteiger partial charge in [0, 0.05) is 36.3 Å². The number of carbonyl (C=O) groups is 2. The van der Waals surface area contributed by atoms with Crippen molar-refractivity contribution < 1.29 is 59.9 Å². The fraction of sp³-hybridized carbons (Fsp3) is 0.333. The number of anilines is 1. The zero-order valence-corrected chi connectivity index (χ0v) is 27.1. The number of aliphatic imine (C=N–C) groups is 2. The number of phenolic OH excluding ortho intramolecular Hbond substituents is 2. The second-order valence-corrected chi connectivity index (χ2v) is 12.5. The van der Waals surface area contributed by atoms with E-state index in [1.165, 1.54) is 24.3 Å². The number of aryl methyl sites for hydroxylation is 1. The molecule has 7 atom stereocenters. The summed E-state index contributed by atoms with van der Waals surface area (Å²) in [5, 5.41) is 83.6. The van der Waals surface area contributed by atoms with Crippen LogP contribution in [0.5, 0.6) is 17.2 Å². The number of fused-ring (bicyclic) bond motifs is 1. The molecule has 0 unspecified atom stereocenters. The summed E-state index contributed by atoms with van der Waals surface area (Å²) in [5.74, 6) is -7.15. The van der Waals surface area contributed by atoms with Crippen molar-refractivity contribution >= 4 is 35.6 Å². The summed E-state index contributed by atoms with van der Waals surface area (Å²) in [5.41, 5.74) is 2.96. The van der Waals surface area contributed by atoms with E-state index in [0.717, 1.165) is 16.5 Å². The first-order chi connectivity index (χ1) is 24.4. The maximum absolute atomic E-state index is 14.0. The monoisotopic (exact) mass is 703 g/mol. The number of rotatable bonds is 11. The van der Waals surface area contributed by atoms with Gasteiger partial charge in [0.05, 0.1) is 18.0 Å². The van der Waals surface area contributed by atoms with E-state index in [1.807, 2.05) is 30.3 Å². The van der Waals surface area contributed by atoms with Crippen molar-refractivity contribution in [3.63, 3.8) is 0 Å². The molecule has 1 saturated heterocycles. The lowest BCUT2D eigenvalue weighted by atomic mass is 9.88. The number of aliphatic hydroxyl groups is 5. The van der Waals surface area contributed by atoms with Gasteiger partial charge in [0.2, 0.25) is 0 Å². The third-order valence-electron chi connectivity index (χ3n) is 9.18. The van der Waals surface area contributed by atoms with Crippen LogP contribution < -0.4 is 9.64 Å². The highest BCUT2D eigenvalue weighted by Gasteiger charge is 2.56. The summed E-state index contributed by atoms with van der Waals surface area (Å²) in [6.45, 7) is -0.569. The molecule has 3 aromatic rings. The van der Waals surface area contributed by atoms with Crippen molar-refractivity contribution in [1.29, 1.82) is 0 Å². The number of nitrogens with zero attached hydrogens (tertiary/aromatic N) is 3. The number of ether oxygens (including phenoxy) is 2.